The van der Waals surface area contributed by atoms with Gasteiger partial charge in [-0.05, 0) is 87.0 Å². The van der Waals surface area contributed by atoms with E-state index >= 15 is 0 Å². The lowest BCUT2D eigenvalue weighted by atomic mass is 9.45. The van der Waals surface area contributed by atoms with Gasteiger partial charge in [-0.1, -0.05) is 54.7 Å². The van der Waals surface area contributed by atoms with Crippen molar-refractivity contribution in [2.24, 2.45) is 16.7 Å². The minimum absolute atomic E-state index is 0.0317. The number of hydrogen-bond acceptors (Lipinski definition) is 2. The first-order chi connectivity index (χ1) is 15.3. The lowest BCUT2D eigenvalue weighted by molar-refractivity contribution is -0.115. The van der Waals surface area contributed by atoms with Crippen molar-refractivity contribution in [2.45, 2.75) is 90.1 Å². The molecule has 0 aliphatic heterocycles. The van der Waals surface area contributed by atoms with Gasteiger partial charge in [-0.2, -0.15) is 0 Å². The van der Waals surface area contributed by atoms with Gasteiger partial charge in [0.1, 0.15) is 5.60 Å². The summed E-state index contributed by atoms with van der Waals surface area (Å²) in [7, 11) is 0. The second kappa shape index (κ2) is 6.71. The van der Waals surface area contributed by atoms with Gasteiger partial charge >= 0.3 is 0 Å². The number of carbonyl (C=O) groups is 1. The van der Waals surface area contributed by atoms with Crippen LogP contribution in [-0.2, 0) is 17.6 Å². The van der Waals surface area contributed by atoms with E-state index in [1.165, 1.54) is 22.3 Å². The Morgan fingerprint density at radius 1 is 1.19 bits per heavy atom. The summed E-state index contributed by atoms with van der Waals surface area (Å²) in [5, 5.41) is 11.8. The fourth-order valence-electron chi connectivity index (χ4n) is 8.46. The first-order valence-electron chi connectivity index (χ1n) is 12.6. The van der Waals surface area contributed by atoms with Gasteiger partial charge in [0, 0.05) is 23.2 Å². The summed E-state index contributed by atoms with van der Waals surface area (Å²) < 4.78 is 0. The molecule has 0 saturated heterocycles. The van der Waals surface area contributed by atoms with Gasteiger partial charge in [-0.3, -0.25) is 4.79 Å². The predicted molar refractivity (Wildman–Crippen MR) is 127 cm³/mol. The summed E-state index contributed by atoms with van der Waals surface area (Å²) in [6.07, 6.45) is 10.6. The van der Waals surface area contributed by atoms with E-state index in [2.05, 4.69) is 43.9 Å². The summed E-state index contributed by atoms with van der Waals surface area (Å²) in [5.74, 6) is 7.37. The fourth-order valence-corrected chi connectivity index (χ4v) is 8.46. The number of aryl methyl sites for hydroxylation is 1. The third-order valence-corrected chi connectivity index (χ3v) is 9.99. The monoisotopic (exact) mass is 426 g/mol. The van der Waals surface area contributed by atoms with E-state index in [9.17, 15) is 9.90 Å². The zero-order chi connectivity index (χ0) is 22.3. The van der Waals surface area contributed by atoms with E-state index in [0.717, 1.165) is 51.4 Å². The van der Waals surface area contributed by atoms with Crippen LogP contribution < -0.4 is 0 Å². The van der Waals surface area contributed by atoms with Crippen molar-refractivity contribution in [3.63, 3.8) is 0 Å². The Hall–Kier alpha value is -2.11. The van der Waals surface area contributed by atoms with Gasteiger partial charge in [0.15, 0.2) is 5.78 Å². The number of aliphatic hydroxyl groups is 1. The topological polar surface area (TPSA) is 37.3 Å². The van der Waals surface area contributed by atoms with Crippen molar-refractivity contribution in [1.82, 2.24) is 0 Å². The number of rotatable bonds is 1. The molecule has 1 unspecified atom stereocenters. The highest BCUT2D eigenvalue weighted by Crippen LogP contribution is 2.70. The molecular formula is C30H34O2. The van der Waals surface area contributed by atoms with Crippen molar-refractivity contribution >= 4 is 5.78 Å². The van der Waals surface area contributed by atoms with Crippen LogP contribution in [0, 0.1) is 28.6 Å². The zero-order valence-corrected chi connectivity index (χ0v) is 19.7. The van der Waals surface area contributed by atoms with E-state index in [1.54, 1.807) is 11.1 Å². The molecule has 2 nitrogen and oxygen atoms in total. The number of fused-ring (bicyclic) bond motifs is 4. The maximum atomic E-state index is 12.4. The molecule has 1 aromatic carbocycles. The average molecular weight is 427 g/mol. The van der Waals surface area contributed by atoms with Crippen LogP contribution in [0.5, 0.6) is 0 Å². The Morgan fingerprint density at radius 3 is 2.81 bits per heavy atom. The minimum atomic E-state index is -0.905. The smallest absolute Gasteiger partial charge is 0.155 e. The highest BCUT2D eigenvalue weighted by atomic mass is 16.3. The second-order valence-electron chi connectivity index (χ2n) is 11.2. The number of carbonyl (C=O) groups excluding carboxylic acids is 1. The van der Waals surface area contributed by atoms with Crippen LogP contribution in [0.3, 0.4) is 0 Å². The molecule has 6 rings (SSSR count). The van der Waals surface area contributed by atoms with Crippen LogP contribution in [0.4, 0.5) is 0 Å². The number of benzene rings is 1. The van der Waals surface area contributed by atoms with Gasteiger partial charge in [-0.15, -0.1) is 5.92 Å². The van der Waals surface area contributed by atoms with Crippen LogP contribution >= 0.6 is 0 Å². The molecule has 5 aliphatic carbocycles. The first kappa shape index (κ1) is 20.5. The molecule has 2 heteroatoms. The third-order valence-electron chi connectivity index (χ3n) is 9.99. The molecule has 166 valence electrons. The standard InChI is InChI=1S/C30H34O2/c1-4-12-30(32)14-11-26-24-9-7-21-16-22(31)10-13-29(21)17-20-15-19(5-2)6-8-23(20)25(27(24)29)18-28(26,30)3/h6,8,15-16,25-26,32H,5,7,9-11,13-14,17-18H2,1-3H3/t25?,26-,28-,29+,30-/m0/s1. The summed E-state index contributed by atoms with van der Waals surface area (Å²) in [4.78, 5) is 12.4. The first-order valence-corrected chi connectivity index (χ1v) is 12.6. The van der Waals surface area contributed by atoms with E-state index in [-0.39, 0.29) is 10.8 Å². The molecule has 1 fully saturated rings. The molecule has 5 aliphatic rings. The maximum absolute atomic E-state index is 12.4. The van der Waals surface area contributed by atoms with Gasteiger partial charge in [0.05, 0.1) is 0 Å². The fraction of sp³-hybridized carbons (Fsp3) is 0.567. The molecule has 32 heavy (non-hydrogen) atoms. The van der Waals surface area contributed by atoms with Crippen LogP contribution in [0.15, 0.2) is 41.0 Å². The zero-order valence-electron chi connectivity index (χ0n) is 19.7. The predicted octanol–water partition coefficient (Wildman–Crippen LogP) is 5.83. The molecule has 1 saturated carbocycles. The second-order valence-corrected chi connectivity index (χ2v) is 11.2. The summed E-state index contributed by atoms with van der Waals surface area (Å²) in [5.41, 5.74) is 7.92. The highest BCUT2D eigenvalue weighted by molar-refractivity contribution is 5.92. The Balaban J connectivity index is 1.62. The lowest BCUT2D eigenvalue weighted by Gasteiger charge is -2.58. The molecular weight excluding hydrogens is 392 g/mol. The Kier molecular flexibility index (Phi) is 4.29. The van der Waals surface area contributed by atoms with E-state index in [0.29, 0.717) is 24.0 Å². The summed E-state index contributed by atoms with van der Waals surface area (Å²) >= 11 is 0. The van der Waals surface area contributed by atoms with Crippen LogP contribution in [0.2, 0.25) is 0 Å². The van der Waals surface area contributed by atoms with Gasteiger partial charge < -0.3 is 5.11 Å². The largest absolute Gasteiger partial charge is 0.377 e. The Morgan fingerprint density at radius 2 is 2.03 bits per heavy atom. The Bertz CT molecular complexity index is 1160. The van der Waals surface area contributed by atoms with E-state index in [4.69, 9.17) is 0 Å². The number of ketones is 1. The Labute approximate surface area is 192 Å². The number of hydrogen-bond donors (Lipinski definition) is 1. The average Bonchev–Trinajstić information content (AvgIpc) is 3.04. The number of allylic oxidation sites excluding steroid dienone is 4. The van der Waals surface area contributed by atoms with Crippen molar-refractivity contribution < 1.29 is 9.90 Å². The minimum Gasteiger partial charge on any atom is -0.377 e. The van der Waals surface area contributed by atoms with Gasteiger partial charge in [0.25, 0.3) is 0 Å². The normalized spacial score (nSPS) is 39.2. The molecule has 5 atom stereocenters. The van der Waals surface area contributed by atoms with Crippen molar-refractivity contribution in [1.29, 1.82) is 0 Å². The van der Waals surface area contributed by atoms with Gasteiger partial charge in [0.2, 0.25) is 0 Å². The van der Waals surface area contributed by atoms with Crippen LogP contribution in [-0.4, -0.2) is 16.5 Å². The molecule has 1 aromatic rings. The SMILES string of the molecule is CC#C[C@]1(O)CC[C@H]2C3=C4C(C[C@@]21C)c1ccc(CC)cc1C[C@@]41CCC(=O)C=C1CC3. The molecule has 0 aromatic heterocycles. The highest BCUT2D eigenvalue weighted by Gasteiger charge is 2.64. The molecule has 0 bridgehead atoms. The van der Waals surface area contributed by atoms with Crippen molar-refractivity contribution in [3.8, 4) is 11.8 Å². The summed E-state index contributed by atoms with van der Waals surface area (Å²) in [6, 6.07) is 7.12. The van der Waals surface area contributed by atoms with Crippen LogP contribution in [0.25, 0.3) is 0 Å². The molecule has 0 radical (unpaired) electrons. The molecule has 1 N–H and O–H groups in total. The van der Waals surface area contributed by atoms with Crippen molar-refractivity contribution in [2.75, 3.05) is 0 Å². The van der Waals surface area contributed by atoms with Crippen molar-refractivity contribution in [3.05, 3.63) is 57.7 Å². The van der Waals surface area contributed by atoms with Crippen LogP contribution in [0.1, 0.15) is 88.3 Å². The van der Waals surface area contributed by atoms with Gasteiger partial charge in [-0.25, -0.2) is 0 Å². The molecule has 0 heterocycles. The summed E-state index contributed by atoms with van der Waals surface area (Å²) in [6.45, 7) is 6.40. The maximum Gasteiger partial charge on any atom is 0.155 e. The van der Waals surface area contributed by atoms with E-state index < -0.39 is 5.60 Å². The quantitative estimate of drug-likeness (QED) is 0.453. The lowest BCUT2D eigenvalue weighted by Crippen LogP contribution is -2.52. The molecule has 1 spiro atoms. The van der Waals surface area contributed by atoms with E-state index in [1.807, 2.05) is 13.0 Å². The molecule has 0 amide bonds. The third kappa shape index (κ3) is 2.44.